The summed E-state index contributed by atoms with van der Waals surface area (Å²) in [4.78, 5) is 12.4. The number of morpholine rings is 1. The average molecular weight is 276 g/mol. The summed E-state index contributed by atoms with van der Waals surface area (Å²) in [7, 11) is 0. The van der Waals surface area contributed by atoms with Gasteiger partial charge in [0.15, 0.2) is 0 Å². The number of hydrogen-bond acceptors (Lipinski definition) is 4. The molecule has 0 radical (unpaired) electrons. The Hall–Kier alpha value is -1.59. The fraction of sp³-hybridized carbons (Fsp3) is 0.533. The first-order valence-corrected chi connectivity index (χ1v) is 7.16. The van der Waals surface area contributed by atoms with Gasteiger partial charge < -0.3 is 20.1 Å². The maximum atomic E-state index is 12.4. The largest absolute Gasteiger partial charge is 0.493 e. The van der Waals surface area contributed by atoms with Crippen LogP contribution in [0.5, 0.6) is 5.75 Å². The highest BCUT2D eigenvalue weighted by Crippen LogP contribution is 2.33. The van der Waals surface area contributed by atoms with Crippen molar-refractivity contribution in [3.05, 3.63) is 29.8 Å². The molecule has 5 heteroatoms. The summed E-state index contributed by atoms with van der Waals surface area (Å²) >= 11 is 0. The second kappa shape index (κ2) is 6.24. The van der Waals surface area contributed by atoms with Gasteiger partial charge in [-0.3, -0.25) is 4.79 Å². The Morgan fingerprint density at radius 1 is 1.35 bits per heavy atom. The maximum absolute atomic E-state index is 12.4. The molecule has 3 rings (SSSR count). The minimum Gasteiger partial charge on any atom is -0.493 e. The third kappa shape index (κ3) is 2.94. The normalized spacial score (nSPS) is 25.4. The van der Waals surface area contributed by atoms with Crippen LogP contribution in [0.4, 0.5) is 0 Å². The summed E-state index contributed by atoms with van der Waals surface area (Å²) in [6.07, 6.45) is 0.801. The molecule has 108 valence electrons. The number of fused-ring (bicyclic) bond motifs is 1. The van der Waals surface area contributed by atoms with Gasteiger partial charge in [0, 0.05) is 25.2 Å². The lowest BCUT2D eigenvalue weighted by molar-refractivity contribution is -0.124. The van der Waals surface area contributed by atoms with E-state index in [-0.39, 0.29) is 17.9 Å². The van der Waals surface area contributed by atoms with E-state index in [1.165, 1.54) is 0 Å². The predicted molar refractivity (Wildman–Crippen MR) is 74.9 cm³/mol. The average Bonchev–Trinajstić information content (AvgIpc) is 2.53. The van der Waals surface area contributed by atoms with Gasteiger partial charge in [-0.25, -0.2) is 0 Å². The summed E-state index contributed by atoms with van der Waals surface area (Å²) in [5.41, 5.74) is 0.985. The standard InChI is InChI=1S/C15H20N2O3/c18-15(17-10-11-9-16-6-8-19-11)13-5-7-20-14-4-2-1-3-12(13)14/h1-4,11,13,16H,5-10H2,(H,17,18). The van der Waals surface area contributed by atoms with Crippen molar-refractivity contribution < 1.29 is 14.3 Å². The lowest BCUT2D eigenvalue weighted by Crippen LogP contribution is -2.46. The lowest BCUT2D eigenvalue weighted by atomic mass is 9.92. The van der Waals surface area contributed by atoms with Crippen LogP contribution in [0.15, 0.2) is 24.3 Å². The molecular formula is C15H20N2O3. The highest BCUT2D eigenvalue weighted by Gasteiger charge is 2.27. The van der Waals surface area contributed by atoms with Gasteiger partial charge in [-0.15, -0.1) is 0 Å². The summed E-state index contributed by atoms with van der Waals surface area (Å²) < 4.78 is 11.2. The molecule has 1 fully saturated rings. The van der Waals surface area contributed by atoms with E-state index in [4.69, 9.17) is 9.47 Å². The molecule has 2 heterocycles. The number of carbonyl (C=O) groups is 1. The van der Waals surface area contributed by atoms with E-state index in [2.05, 4.69) is 10.6 Å². The third-order valence-corrected chi connectivity index (χ3v) is 3.78. The van der Waals surface area contributed by atoms with Crippen LogP contribution in [0, 0.1) is 0 Å². The third-order valence-electron chi connectivity index (χ3n) is 3.78. The first-order chi connectivity index (χ1) is 9.84. The van der Waals surface area contributed by atoms with Crippen molar-refractivity contribution in [3.8, 4) is 5.75 Å². The topological polar surface area (TPSA) is 59.6 Å². The second-order valence-corrected chi connectivity index (χ2v) is 5.17. The molecule has 20 heavy (non-hydrogen) atoms. The maximum Gasteiger partial charge on any atom is 0.227 e. The van der Waals surface area contributed by atoms with E-state index in [0.717, 1.165) is 30.8 Å². The highest BCUT2D eigenvalue weighted by molar-refractivity contribution is 5.84. The van der Waals surface area contributed by atoms with Crippen LogP contribution in [0.2, 0.25) is 0 Å². The molecule has 1 saturated heterocycles. The molecule has 2 unspecified atom stereocenters. The van der Waals surface area contributed by atoms with Gasteiger partial charge in [0.2, 0.25) is 5.91 Å². The molecule has 2 aliphatic heterocycles. The van der Waals surface area contributed by atoms with Crippen molar-refractivity contribution in [2.24, 2.45) is 0 Å². The van der Waals surface area contributed by atoms with Crippen molar-refractivity contribution in [1.29, 1.82) is 0 Å². The van der Waals surface area contributed by atoms with Crippen molar-refractivity contribution in [2.45, 2.75) is 18.4 Å². The Labute approximate surface area is 118 Å². The second-order valence-electron chi connectivity index (χ2n) is 5.17. The van der Waals surface area contributed by atoms with Crippen molar-refractivity contribution in [3.63, 3.8) is 0 Å². The number of nitrogens with one attached hydrogen (secondary N) is 2. The van der Waals surface area contributed by atoms with Crippen LogP contribution in [-0.2, 0) is 9.53 Å². The Morgan fingerprint density at radius 2 is 2.25 bits per heavy atom. The molecule has 1 amide bonds. The van der Waals surface area contributed by atoms with Crippen LogP contribution in [0.3, 0.4) is 0 Å². The summed E-state index contributed by atoms with van der Waals surface area (Å²) in [6.45, 7) is 3.55. The number of benzene rings is 1. The molecule has 0 aliphatic carbocycles. The van der Waals surface area contributed by atoms with E-state index in [9.17, 15) is 4.79 Å². The zero-order valence-electron chi connectivity index (χ0n) is 11.4. The number of amides is 1. The van der Waals surface area contributed by atoms with Crippen LogP contribution in [0.1, 0.15) is 17.9 Å². The number of carbonyl (C=O) groups excluding carboxylic acids is 1. The molecule has 0 spiro atoms. The number of hydrogen-bond donors (Lipinski definition) is 2. The molecule has 2 atom stereocenters. The number of para-hydroxylation sites is 1. The molecule has 0 aromatic heterocycles. The smallest absolute Gasteiger partial charge is 0.227 e. The van der Waals surface area contributed by atoms with E-state index < -0.39 is 0 Å². The van der Waals surface area contributed by atoms with Crippen LogP contribution in [-0.4, -0.2) is 44.9 Å². The van der Waals surface area contributed by atoms with Gasteiger partial charge in [-0.1, -0.05) is 18.2 Å². The van der Waals surface area contributed by atoms with E-state index in [1.54, 1.807) is 0 Å². The Kier molecular flexibility index (Phi) is 4.18. The quantitative estimate of drug-likeness (QED) is 0.851. The van der Waals surface area contributed by atoms with Gasteiger partial charge in [0.05, 0.1) is 25.2 Å². The fourth-order valence-electron chi connectivity index (χ4n) is 2.70. The van der Waals surface area contributed by atoms with Gasteiger partial charge in [0.1, 0.15) is 5.75 Å². The first-order valence-electron chi connectivity index (χ1n) is 7.16. The monoisotopic (exact) mass is 276 g/mol. The van der Waals surface area contributed by atoms with Gasteiger partial charge in [-0.05, 0) is 12.5 Å². The summed E-state index contributed by atoms with van der Waals surface area (Å²) in [5.74, 6) is 0.779. The zero-order valence-corrected chi connectivity index (χ0v) is 11.4. The molecule has 2 N–H and O–H groups in total. The number of rotatable bonds is 3. The number of ether oxygens (including phenoxy) is 2. The Bertz CT molecular complexity index is 472. The zero-order chi connectivity index (χ0) is 13.8. The predicted octanol–water partition coefficient (Wildman–Crippen LogP) is 0.657. The first kappa shape index (κ1) is 13.4. The van der Waals surface area contributed by atoms with Crippen LogP contribution < -0.4 is 15.4 Å². The molecular weight excluding hydrogens is 256 g/mol. The Morgan fingerprint density at radius 3 is 3.10 bits per heavy atom. The summed E-state index contributed by atoms with van der Waals surface area (Å²) in [6, 6.07) is 7.77. The van der Waals surface area contributed by atoms with Crippen molar-refractivity contribution in [2.75, 3.05) is 32.8 Å². The Balaban J connectivity index is 1.60. The fourth-order valence-corrected chi connectivity index (χ4v) is 2.70. The highest BCUT2D eigenvalue weighted by atomic mass is 16.5. The minimum atomic E-state index is -0.114. The molecule has 0 saturated carbocycles. The van der Waals surface area contributed by atoms with E-state index in [1.807, 2.05) is 24.3 Å². The van der Waals surface area contributed by atoms with Crippen molar-refractivity contribution >= 4 is 5.91 Å². The van der Waals surface area contributed by atoms with Gasteiger partial charge in [0.25, 0.3) is 0 Å². The molecule has 1 aromatic carbocycles. The molecule has 5 nitrogen and oxygen atoms in total. The van der Waals surface area contributed by atoms with E-state index >= 15 is 0 Å². The van der Waals surface area contributed by atoms with Gasteiger partial charge >= 0.3 is 0 Å². The van der Waals surface area contributed by atoms with E-state index in [0.29, 0.717) is 19.8 Å². The molecule has 0 bridgehead atoms. The van der Waals surface area contributed by atoms with Gasteiger partial charge in [-0.2, -0.15) is 0 Å². The SMILES string of the molecule is O=C(NCC1CNCCO1)C1CCOc2ccccc21. The van der Waals surface area contributed by atoms with Crippen LogP contribution in [0.25, 0.3) is 0 Å². The molecule has 1 aromatic rings. The summed E-state index contributed by atoms with van der Waals surface area (Å²) in [5, 5.41) is 6.26. The molecule has 2 aliphatic rings. The van der Waals surface area contributed by atoms with Crippen molar-refractivity contribution in [1.82, 2.24) is 10.6 Å². The minimum absolute atomic E-state index is 0.0647. The lowest BCUT2D eigenvalue weighted by Gasteiger charge is -2.27. The van der Waals surface area contributed by atoms with Crippen LogP contribution >= 0.6 is 0 Å².